The molecule has 1 N–H and O–H groups in total. The zero-order valence-electron chi connectivity index (χ0n) is 9.60. The van der Waals surface area contributed by atoms with Crippen molar-refractivity contribution in [2.45, 2.75) is 23.1 Å². The molecule has 0 spiro atoms. The van der Waals surface area contributed by atoms with Gasteiger partial charge in [0, 0.05) is 6.07 Å². The summed E-state index contributed by atoms with van der Waals surface area (Å²) in [6, 6.07) is 1.84. The summed E-state index contributed by atoms with van der Waals surface area (Å²) in [4.78, 5) is 0. The number of fused-ring (bicyclic) bond motifs is 1. The van der Waals surface area contributed by atoms with E-state index in [1.807, 2.05) is 0 Å². The van der Waals surface area contributed by atoms with Crippen LogP contribution in [0.4, 0.5) is 8.78 Å². The Labute approximate surface area is 107 Å². The van der Waals surface area contributed by atoms with Crippen molar-refractivity contribution in [1.82, 2.24) is 15.4 Å². The van der Waals surface area contributed by atoms with Crippen LogP contribution in [-0.4, -0.2) is 23.8 Å². The lowest BCUT2D eigenvalue weighted by Gasteiger charge is -2.11. The molecule has 1 heterocycles. The third kappa shape index (κ3) is 1.83. The molecule has 100 valence electrons. The van der Waals surface area contributed by atoms with Gasteiger partial charge in [-0.2, -0.15) is 10.3 Å². The van der Waals surface area contributed by atoms with Gasteiger partial charge in [-0.25, -0.2) is 17.2 Å². The molecular formula is C11H9F2N3O2S. The van der Waals surface area contributed by atoms with E-state index in [9.17, 15) is 17.2 Å². The Morgan fingerprint density at radius 1 is 1.32 bits per heavy atom. The minimum absolute atomic E-state index is 0.181. The molecule has 8 heteroatoms. The lowest BCUT2D eigenvalue weighted by atomic mass is 10.1. The Hall–Kier alpha value is -1.83. The number of hydrogen-bond acceptors (Lipinski definition) is 4. The number of aromatic nitrogens is 3. The molecule has 0 unspecified atom stereocenters. The van der Waals surface area contributed by atoms with Gasteiger partial charge < -0.3 is 0 Å². The van der Waals surface area contributed by atoms with E-state index in [1.54, 1.807) is 0 Å². The van der Waals surface area contributed by atoms with Crippen LogP contribution >= 0.6 is 0 Å². The first kappa shape index (κ1) is 12.2. The molecule has 0 amide bonds. The van der Waals surface area contributed by atoms with Gasteiger partial charge in [-0.1, -0.05) is 0 Å². The molecule has 1 atom stereocenters. The maximum Gasteiger partial charge on any atom is 0.206 e. The number of rotatable bonds is 2. The second kappa shape index (κ2) is 4.09. The predicted molar refractivity (Wildman–Crippen MR) is 61.0 cm³/mol. The SMILES string of the molecule is O=S(=O)(c1cn[nH]n1)[C@H]1CCc2c(F)cc(F)cc21. The fourth-order valence-electron chi connectivity index (χ4n) is 2.40. The van der Waals surface area contributed by atoms with Crippen molar-refractivity contribution < 1.29 is 17.2 Å². The van der Waals surface area contributed by atoms with E-state index >= 15 is 0 Å². The normalized spacial score (nSPS) is 18.5. The van der Waals surface area contributed by atoms with Crippen molar-refractivity contribution in [3.8, 4) is 0 Å². The molecule has 19 heavy (non-hydrogen) atoms. The number of nitrogens with one attached hydrogen (secondary N) is 1. The summed E-state index contributed by atoms with van der Waals surface area (Å²) in [5, 5.41) is 8.02. The largest absolute Gasteiger partial charge is 0.221 e. The van der Waals surface area contributed by atoms with E-state index in [0.717, 1.165) is 18.3 Å². The number of nitrogens with zero attached hydrogens (tertiary/aromatic N) is 2. The average molecular weight is 285 g/mol. The van der Waals surface area contributed by atoms with E-state index in [4.69, 9.17) is 0 Å². The van der Waals surface area contributed by atoms with Crippen LogP contribution in [0.1, 0.15) is 22.8 Å². The molecule has 1 aromatic heterocycles. The second-order valence-corrected chi connectivity index (χ2v) is 6.41. The molecule has 0 radical (unpaired) electrons. The Morgan fingerprint density at radius 2 is 2.11 bits per heavy atom. The first-order valence-electron chi connectivity index (χ1n) is 5.57. The van der Waals surface area contributed by atoms with Gasteiger partial charge in [0.15, 0.2) is 5.03 Å². The topological polar surface area (TPSA) is 75.7 Å². The molecule has 1 aliphatic rings. The Morgan fingerprint density at radius 3 is 2.79 bits per heavy atom. The van der Waals surface area contributed by atoms with Crippen LogP contribution < -0.4 is 0 Å². The van der Waals surface area contributed by atoms with Gasteiger partial charge in [0.05, 0.1) is 11.4 Å². The summed E-state index contributed by atoms with van der Waals surface area (Å²) in [5.74, 6) is -1.48. The van der Waals surface area contributed by atoms with Crippen LogP contribution in [0.3, 0.4) is 0 Å². The fraction of sp³-hybridized carbons (Fsp3) is 0.273. The number of halogens is 2. The van der Waals surface area contributed by atoms with Gasteiger partial charge in [-0.15, -0.1) is 5.10 Å². The molecule has 0 saturated carbocycles. The van der Waals surface area contributed by atoms with Gasteiger partial charge in [0.2, 0.25) is 9.84 Å². The number of aromatic amines is 1. The zero-order valence-corrected chi connectivity index (χ0v) is 10.4. The summed E-state index contributed by atoms with van der Waals surface area (Å²) >= 11 is 0. The van der Waals surface area contributed by atoms with Crippen LogP contribution in [0, 0.1) is 11.6 Å². The highest BCUT2D eigenvalue weighted by atomic mass is 32.2. The number of sulfone groups is 1. The summed E-state index contributed by atoms with van der Waals surface area (Å²) < 4.78 is 51.5. The van der Waals surface area contributed by atoms with Gasteiger partial charge in [0.1, 0.15) is 11.6 Å². The van der Waals surface area contributed by atoms with Crippen LogP contribution in [0.25, 0.3) is 0 Å². The lowest BCUT2D eigenvalue weighted by molar-refractivity contribution is 0.572. The van der Waals surface area contributed by atoms with Gasteiger partial charge in [-0.3, -0.25) is 0 Å². The summed E-state index contributed by atoms with van der Waals surface area (Å²) in [6.07, 6.45) is 1.57. The van der Waals surface area contributed by atoms with Gasteiger partial charge >= 0.3 is 0 Å². The second-order valence-electron chi connectivity index (χ2n) is 4.34. The highest BCUT2D eigenvalue weighted by Gasteiger charge is 2.37. The zero-order chi connectivity index (χ0) is 13.6. The van der Waals surface area contributed by atoms with Crippen LogP contribution in [0.15, 0.2) is 23.4 Å². The van der Waals surface area contributed by atoms with Crippen molar-refractivity contribution in [1.29, 1.82) is 0 Å². The molecule has 5 nitrogen and oxygen atoms in total. The fourth-order valence-corrected chi connectivity index (χ4v) is 4.03. The van der Waals surface area contributed by atoms with Crippen LogP contribution in [0.2, 0.25) is 0 Å². The molecule has 0 saturated heterocycles. The minimum Gasteiger partial charge on any atom is -0.221 e. The van der Waals surface area contributed by atoms with Gasteiger partial charge in [0.25, 0.3) is 0 Å². The first-order valence-corrected chi connectivity index (χ1v) is 7.12. The van der Waals surface area contributed by atoms with E-state index in [2.05, 4.69) is 15.4 Å². The highest BCUT2D eigenvalue weighted by Crippen LogP contribution is 2.40. The van der Waals surface area contributed by atoms with Gasteiger partial charge in [-0.05, 0) is 30.0 Å². The Balaban J connectivity index is 2.13. The summed E-state index contributed by atoms with van der Waals surface area (Å²) in [6.45, 7) is 0. The van der Waals surface area contributed by atoms with Crippen molar-refractivity contribution in [2.24, 2.45) is 0 Å². The number of benzene rings is 1. The molecular weight excluding hydrogens is 276 g/mol. The molecule has 0 bridgehead atoms. The molecule has 3 rings (SSSR count). The number of H-pyrrole nitrogens is 1. The molecule has 0 aliphatic heterocycles. The summed E-state index contributed by atoms with van der Waals surface area (Å²) in [5.41, 5.74) is 0.443. The lowest BCUT2D eigenvalue weighted by Crippen LogP contribution is -2.12. The number of hydrogen-bond donors (Lipinski definition) is 1. The average Bonchev–Trinajstić information content (AvgIpc) is 2.97. The third-order valence-electron chi connectivity index (χ3n) is 3.26. The Kier molecular flexibility index (Phi) is 2.63. The molecule has 1 aromatic carbocycles. The van der Waals surface area contributed by atoms with Crippen molar-refractivity contribution in [2.75, 3.05) is 0 Å². The Bertz CT molecular complexity index is 729. The van der Waals surface area contributed by atoms with E-state index in [1.165, 1.54) is 0 Å². The first-order chi connectivity index (χ1) is 9.00. The quantitative estimate of drug-likeness (QED) is 0.908. The van der Waals surface area contributed by atoms with Crippen molar-refractivity contribution >= 4 is 9.84 Å². The molecule has 1 aliphatic carbocycles. The highest BCUT2D eigenvalue weighted by molar-refractivity contribution is 7.91. The molecule has 0 fully saturated rings. The van der Waals surface area contributed by atoms with E-state index in [-0.39, 0.29) is 29.0 Å². The van der Waals surface area contributed by atoms with Crippen LogP contribution in [0.5, 0.6) is 0 Å². The van der Waals surface area contributed by atoms with Crippen molar-refractivity contribution in [3.63, 3.8) is 0 Å². The monoisotopic (exact) mass is 285 g/mol. The smallest absolute Gasteiger partial charge is 0.206 e. The third-order valence-corrected chi connectivity index (χ3v) is 5.28. The minimum atomic E-state index is -3.78. The standard InChI is InChI=1S/C11H9F2N3O2S/c12-6-3-8-7(9(13)4-6)1-2-10(8)19(17,18)11-5-14-16-15-11/h3-5,10H,1-2H2,(H,14,15,16)/t10-/m0/s1. The van der Waals surface area contributed by atoms with E-state index in [0.29, 0.717) is 0 Å². The summed E-state index contributed by atoms with van der Waals surface area (Å²) in [7, 11) is -3.78. The predicted octanol–water partition coefficient (Wildman–Crippen LogP) is 1.54. The maximum absolute atomic E-state index is 13.6. The maximum atomic E-state index is 13.6. The molecule has 2 aromatic rings. The van der Waals surface area contributed by atoms with Crippen molar-refractivity contribution in [3.05, 3.63) is 41.1 Å². The van der Waals surface area contributed by atoms with Crippen LogP contribution in [-0.2, 0) is 16.3 Å². The van der Waals surface area contributed by atoms with E-state index < -0.39 is 26.7 Å².